The summed E-state index contributed by atoms with van der Waals surface area (Å²) in [4.78, 5) is 4.34. The fourth-order valence-electron chi connectivity index (χ4n) is 2.33. The van der Waals surface area contributed by atoms with Crippen molar-refractivity contribution in [2.75, 3.05) is 13.2 Å². The number of pyridine rings is 1. The normalized spacial score (nSPS) is 12.5. The van der Waals surface area contributed by atoms with Gasteiger partial charge in [-0.05, 0) is 50.9 Å². The summed E-state index contributed by atoms with van der Waals surface area (Å²) in [5, 5.41) is 4.58. The van der Waals surface area contributed by atoms with Gasteiger partial charge in [0.25, 0.3) is 0 Å². The van der Waals surface area contributed by atoms with E-state index in [1.54, 1.807) is 0 Å². The van der Waals surface area contributed by atoms with E-state index < -0.39 is 0 Å². The van der Waals surface area contributed by atoms with E-state index in [4.69, 9.17) is 4.74 Å². The van der Waals surface area contributed by atoms with Crippen LogP contribution >= 0.6 is 0 Å². The lowest BCUT2D eigenvalue weighted by Crippen LogP contribution is -2.25. The summed E-state index contributed by atoms with van der Waals surface area (Å²) in [6.07, 6.45) is 5.31. The lowest BCUT2D eigenvalue weighted by Gasteiger charge is -2.12. The van der Waals surface area contributed by atoms with Crippen molar-refractivity contribution in [1.29, 1.82) is 0 Å². The fraction of sp³-hybridized carbons (Fsp3) is 0.471. The zero-order valence-corrected chi connectivity index (χ0v) is 12.4. The first kappa shape index (κ1) is 14.8. The molecule has 0 fully saturated rings. The molecule has 0 amide bonds. The van der Waals surface area contributed by atoms with E-state index in [1.165, 1.54) is 12.8 Å². The van der Waals surface area contributed by atoms with Gasteiger partial charge in [-0.1, -0.05) is 13.0 Å². The van der Waals surface area contributed by atoms with Crippen LogP contribution in [0.15, 0.2) is 36.5 Å². The maximum atomic E-state index is 5.80. The molecule has 3 heteroatoms. The van der Waals surface area contributed by atoms with E-state index in [2.05, 4.69) is 36.3 Å². The van der Waals surface area contributed by atoms with E-state index in [1.807, 2.05) is 24.4 Å². The van der Waals surface area contributed by atoms with Crippen molar-refractivity contribution in [3.8, 4) is 5.75 Å². The molecule has 108 valence electrons. The molecule has 20 heavy (non-hydrogen) atoms. The Morgan fingerprint density at radius 3 is 3.00 bits per heavy atom. The van der Waals surface area contributed by atoms with Crippen molar-refractivity contribution in [1.82, 2.24) is 10.3 Å². The molecule has 1 unspecified atom stereocenters. The van der Waals surface area contributed by atoms with Crippen LogP contribution in [0.25, 0.3) is 10.9 Å². The molecule has 0 aliphatic rings. The van der Waals surface area contributed by atoms with Crippen molar-refractivity contribution >= 4 is 10.9 Å². The third-order valence-corrected chi connectivity index (χ3v) is 3.43. The molecule has 0 saturated carbocycles. The van der Waals surface area contributed by atoms with Gasteiger partial charge in [0.1, 0.15) is 5.75 Å². The van der Waals surface area contributed by atoms with Crippen molar-refractivity contribution in [3.63, 3.8) is 0 Å². The van der Waals surface area contributed by atoms with E-state index in [0.29, 0.717) is 6.04 Å². The number of hydrogen-bond donors (Lipinski definition) is 1. The highest BCUT2D eigenvalue weighted by atomic mass is 16.5. The zero-order chi connectivity index (χ0) is 14.2. The van der Waals surface area contributed by atoms with Gasteiger partial charge in [0, 0.05) is 23.7 Å². The minimum absolute atomic E-state index is 0.602. The van der Waals surface area contributed by atoms with E-state index in [-0.39, 0.29) is 0 Å². The molecule has 1 atom stereocenters. The number of aromatic nitrogens is 1. The quantitative estimate of drug-likeness (QED) is 0.743. The number of hydrogen-bond acceptors (Lipinski definition) is 3. The van der Waals surface area contributed by atoms with Crippen LogP contribution in [0.1, 0.15) is 33.1 Å². The summed E-state index contributed by atoms with van der Waals surface area (Å²) in [6.45, 7) is 6.20. The highest BCUT2D eigenvalue weighted by molar-refractivity contribution is 5.79. The van der Waals surface area contributed by atoms with Crippen molar-refractivity contribution in [2.24, 2.45) is 0 Å². The van der Waals surface area contributed by atoms with Crippen LogP contribution in [0.3, 0.4) is 0 Å². The number of nitrogens with zero attached hydrogens (tertiary/aromatic N) is 1. The minimum atomic E-state index is 0.602. The molecule has 0 spiro atoms. The SMILES string of the molecule is CCNC(C)CCCCOc1ccc2cccnc2c1. The summed E-state index contributed by atoms with van der Waals surface area (Å²) < 4.78 is 5.80. The Hall–Kier alpha value is -1.61. The second-order valence-electron chi connectivity index (χ2n) is 5.16. The lowest BCUT2D eigenvalue weighted by molar-refractivity contribution is 0.302. The monoisotopic (exact) mass is 272 g/mol. The fourth-order valence-corrected chi connectivity index (χ4v) is 2.33. The van der Waals surface area contributed by atoms with Gasteiger partial charge < -0.3 is 10.1 Å². The Bertz CT molecular complexity index is 527. The van der Waals surface area contributed by atoms with Gasteiger partial charge in [0.15, 0.2) is 0 Å². The molecule has 0 radical (unpaired) electrons. The number of fused-ring (bicyclic) bond motifs is 1. The number of rotatable bonds is 8. The maximum absolute atomic E-state index is 5.80. The number of ether oxygens (including phenoxy) is 1. The van der Waals surface area contributed by atoms with Crippen molar-refractivity contribution in [2.45, 2.75) is 39.2 Å². The Morgan fingerprint density at radius 2 is 2.15 bits per heavy atom. The van der Waals surface area contributed by atoms with Gasteiger partial charge in [-0.25, -0.2) is 0 Å². The van der Waals surface area contributed by atoms with Crippen LogP contribution in [0, 0.1) is 0 Å². The highest BCUT2D eigenvalue weighted by Crippen LogP contribution is 2.19. The zero-order valence-electron chi connectivity index (χ0n) is 12.4. The topological polar surface area (TPSA) is 34.1 Å². The molecule has 0 aliphatic carbocycles. The Morgan fingerprint density at radius 1 is 1.25 bits per heavy atom. The molecule has 1 aromatic heterocycles. The maximum Gasteiger partial charge on any atom is 0.121 e. The van der Waals surface area contributed by atoms with Crippen molar-refractivity contribution in [3.05, 3.63) is 36.5 Å². The van der Waals surface area contributed by atoms with Gasteiger partial charge in [-0.15, -0.1) is 0 Å². The molecule has 1 aromatic carbocycles. The Kier molecular flexibility index (Phi) is 5.81. The van der Waals surface area contributed by atoms with E-state index >= 15 is 0 Å². The molecule has 1 heterocycles. The van der Waals surface area contributed by atoms with Crippen LogP contribution in [0.4, 0.5) is 0 Å². The molecule has 3 nitrogen and oxygen atoms in total. The minimum Gasteiger partial charge on any atom is -0.494 e. The van der Waals surface area contributed by atoms with Gasteiger partial charge in [0.2, 0.25) is 0 Å². The second kappa shape index (κ2) is 7.85. The van der Waals surface area contributed by atoms with Crippen LogP contribution in [-0.2, 0) is 0 Å². The predicted octanol–water partition coefficient (Wildman–Crippen LogP) is 3.78. The summed E-state index contributed by atoms with van der Waals surface area (Å²) in [7, 11) is 0. The highest BCUT2D eigenvalue weighted by Gasteiger charge is 2.00. The third-order valence-electron chi connectivity index (χ3n) is 3.43. The van der Waals surface area contributed by atoms with Crippen LogP contribution < -0.4 is 10.1 Å². The second-order valence-corrected chi connectivity index (χ2v) is 5.16. The molecular weight excluding hydrogens is 248 g/mol. The molecule has 0 saturated heterocycles. The summed E-state index contributed by atoms with van der Waals surface area (Å²) in [6, 6.07) is 10.7. The van der Waals surface area contributed by atoms with Crippen LogP contribution in [0.2, 0.25) is 0 Å². The number of unbranched alkanes of at least 4 members (excludes halogenated alkanes) is 1. The predicted molar refractivity (Wildman–Crippen MR) is 84.2 cm³/mol. The van der Waals surface area contributed by atoms with Gasteiger partial charge in [-0.3, -0.25) is 4.98 Å². The smallest absolute Gasteiger partial charge is 0.121 e. The number of benzene rings is 1. The lowest BCUT2D eigenvalue weighted by atomic mass is 10.1. The average molecular weight is 272 g/mol. The summed E-state index contributed by atoms with van der Waals surface area (Å²) in [5.74, 6) is 0.913. The Balaban J connectivity index is 1.73. The summed E-state index contributed by atoms with van der Waals surface area (Å²) in [5.41, 5.74) is 0.991. The van der Waals surface area contributed by atoms with Gasteiger partial charge >= 0.3 is 0 Å². The van der Waals surface area contributed by atoms with Gasteiger partial charge in [-0.2, -0.15) is 0 Å². The largest absolute Gasteiger partial charge is 0.494 e. The average Bonchev–Trinajstić information content (AvgIpc) is 2.47. The summed E-state index contributed by atoms with van der Waals surface area (Å²) >= 11 is 0. The van der Waals surface area contributed by atoms with E-state index in [0.717, 1.165) is 36.2 Å². The first-order valence-electron chi connectivity index (χ1n) is 7.50. The van der Waals surface area contributed by atoms with Gasteiger partial charge in [0.05, 0.1) is 12.1 Å². The van der Waals surface area contributed by atoms with Crippen LogP contribution in [-0.4, -0.2) is 24.2 Å². The molecule has 2 aromatic rings. The van der Waals surface area contributed by atoms with Crippen molar-refractivity contribution < 1.29 is 4.74 Å². The molecular formula is C17H24N2O. The standard InChI is InChI=1S/C17H24N2O/c1-3-18-14(2)7-4-5-12-20-16-10-9-15-8-6-11-19-17(15)13-16/h6,8-11,13-14,18H,3-5,7,12H2,1-2H3. The Labute approximate surface area is 121 Å². The first-order chi connectivity index (χ1) is 9.79. The third kappa shape index (κ3) is 4.49. The first-order valence-corrected chi connectivity index (χ1v) is 7.50. The molecule has 1 N–H and O–H groups in total. The molecule has 0 aliphatic heterocycles. The molecule has 0 bridgehead atoms. The van der Waals surface area contributed by atoms with E-state index in [9.17, 15) is 0 Å². The van der Waals surface area contributed by atoms with Crippen LogP contribution in [0.5, 0.6) is 5.75 Å². The number of nitrogens with one attached hydrogen (secondary N) is 1. The molecule has 2 rings (SSSR count).